The minimum Gasteiger partial charge on any atom is -0.444 e. The van der Waals surface area contributed by atoms with Gasteiger partial charge in [-0.3, -0.25) is 4.79 Å². The Kier molecular flexibility index (Phi) is 6.15. The van der Waals surface area contributed by atoms with Crippen molar-refractivity contribution in [2.45, 2.75) is 45.8 Å². The maximum absolute atomic E-state index is 12.6. The number of amides is 2. The van der Waals surface area contributed by atoms with E-state index >= 15 is 0 Å². The van der Waals surface area contributed by atoms with Gasteiger partial charge in [0.25, 0.3) is 0 Å². The summed E-state index contributed by atoms with van der Waals surface area (Å²) in [5.74, 6) is 0.0903. The predicted molar refractivity (Wildman–Crippen MR) is 96.3 cm³/mol. The van der Waals surface area contributed by atoms with E-state index in [0.717, 1.165) is 9.21 Å². The van der Waals surface area contributed by atoms with E-state index in [-0.39, 0.29) is 17.9 Å². The summed E-state index contributed by atoms with van der Waals surface area (Å²) in [7, 11) is 1.82. The zero-order valence-corrected chi connectivity index (χ0v) is 16.2. The largest absolute Gasteiger partial charge is 0.444 e. The summed E-state index contributed by atoms with van der Waals surface area (Å²) in [4.78, 5) is 29.1. The molecular formula is C17H25ClN2O3S. The van der Waals surface area contributed by atoms with Crippen molar-refractivity contribution in [3.63, 3.8) is 0 Å². The molecule has 0 aliphatic carbocycles. The molecule has 0 bridgehead atoms. The average molecular weight is 373 g/mol. The van der Waals surface area contributed by atoms with Crippen LogP contribution in [-0.4, -0.2) is 47.5 Å². The highest BCUT2D eigenvalue weighted by Crippen LogP contribution is 2.25. The van der Waals surface area contributed by atoms with Gasteiger partial charge in [-0.1, -0.05) is 11.6 Å². The number of carbonyl (C=O) groups is 2. The molecule has 5 nitrogen and oxygen atoms in total. The minimum absolute atomic E-state index is 0.0379. The average Bonchev–Trinajstić information content (AvgIpc) is 2.90. The SMILES string of the molecule is CN(Cc1ccc(Cl)s1)C(=O)C1CCN(C(=O)OC(C)(C)C)CC1. The van der Waals surface area contributed by atoms with Gasteiger partial charge in [-0.2, -0.15) is 0 Å². The molecule has 0 radical (unpaired) electrons. The molecule has 1 aliphatic rings. The van der Waals surface area contributed by atoms with E-state index in [0.29, 0.717) is 32.5 Å². The lowest BCUT2D eigenvalue weighted by Gasteiger charge is -2.34. The number of hydrogen-bond donors (Lipinski definition) is 0. The first-order valence-electron chi connectivity index (χ1n) is 8.13. The molecule has 7 heteroatoms. The fourth-order valence-corrected chi connectivity index (χ4v) is 3.84. The summed E-state index contributed by atoms with van der Waals surface area (Å²) in [6.45, 7) is 7.25. The Labute approximate surface area is 152 Å². The van der Waals surface area contributed by atoms with Crippen LogP contribution in [0.25, 0.3) is 0 Å². The van der Waals surface area contributed by atoms with Gasteiger partial charge >= 0.3 is 6.09 Å². The van der Waals surface area contributed by atoms with Gasteiger partial charge in [0.05, 0.1) is 10.9 Å². The van der Waals surface area contributed by atoms with Crippen molar-refractivity contribution >= 4 is 34.9 Å². The number of ether oxygens (including phenoxy) is 1. The Morgan fingerprint density at radius 1 is 1.33 bits per heavy atom. The second-order valence-corrected chi connectivity index (χ2v) is 8.94. The monoisotopic (exact) mass is 372 g/mol. The summed E-state index contributed by atoms with van der Waals surface area (Å²) in [6, 6.07) is 3.79. The molecule has 0 atom stereocenters. The zero-order chi connectivity index (χ0) is 17.9. The molecule has 1 fully saturated rings. The quantitative estimate of drug-likeness (QED) is 0.805. The molecule has 24 heavy (non-hydrogen) atoms. The van der Waals surface area contributed by atoms with Crippen LogP contribution >= 0.6 is 22.9 Å². The van der Waals surface area contributed by atoms with Crippen molar-refractivity contribution in [1.82, 2.24) is 9.80 Å². The number of nitrogens with zero attached hydrogens (tertiary/aromatic N) is 2. The molecule has 1 aromatic heterocycles. The number of halogens is 1. The summed E-state index contributed by atoms with van der Waals surface area (Å²) in [5, 5.41) is 0. The van der Waals surface area contributed by atoms with E-state index in [2.05, 4.69) is 0 Å². The number of carbonyl (C=O) groups excluding carboxylic acids is 2. The van der Waals surface area contributed by atoms with E-state index in [1.165, 1.54) is 11.3 Å². The van der Waals surface area contributed by atoms with Crippen molar-refractivity contribution in [3.05, 3.63) is 21.3 Å². The molecule has 0 aromatic carbocycles. The van der Waals surface area contributed by atoms with E-state index in [4.69, 9.17) is 16.3 Å². The van der Waals surface area contributed by atoms with Gasteiger partial charge in [0, 0.05) is 30.9 Å². The maximum atomic E-state index is 12.6. The van der Waals surface area contributed by atoms with Crippen molar-refractivity contribution < 1.29 is 14.3 Å². The van der Waals surface area contributed by atoms with Crippen LogP contribution in [-0.2, 0) is 16.1 Å². The molecule has 0 saturated carbocycles. The lowest BCUT2D eigenvalue weighted by Crippen LogP contribution is -2.45. The standard InChI is InChI=1S/C17H25ClN2O3S/c1-17(2,3)23-16(22)20-9-7-12(8-10-20)15(21)19(4)11-13-5-6-14(18)24-13/h5-6,12H,7-11H2,1-4H3. The second-order valence-electron chi connectivity index (χ2n) is 7.14. The van der Waals surface area contributed by atoms with Crippen LogP contribution in [0.4, 0.5) is 4.79 Å². The smallest absolute Gasteiger partial charge is 0.410 e. The molecule has 0 N–H and O–H groups in total. The number of likely N-dealkylation sites (tertiary alicyclic amines) is 1. The third-order valence-electron chi connectivity index (χ3n) is 3.89. The Morgan fingerprint density at radius 3 is 2.46 bits per heavy atom. The molecule has 2 amide bonds. The van der Waals surface area contributed by atoms with Gasteiger partial charge in [0.2, 0.25) is 5.91 Å². The first-order valence-corrected chi connectivity index (χ1v) is 9.32. The molecule has 2 rings (SSSR count). The van der Waals surface area contributed by atoms with Crippen LogP contribution in [0.3, 0.4) is 0 Å². The van der Waals surface area contributed by atoms with Gasteiger partial charge in [0.1, 0.15) is 5.60 Å². The van der Waals surface area contributed by atoms with Crippen molar-refractivity contribution in [2.75, 3.05) is 20.1 Å². The van der Waals surface area contributed by atoms with E-state index < -0.39 is 5.60 Å². The Hall–Kier alpha value is -1.27. The summed E-state index contributed by atoms with van der Waals surface area (Å²) in [5.41, 5.74) is -0.494. The summed E-state index contributed by atoms with van der Waals surface area (Å²) in [6.07, 6.45) is 1.05. The number of thiophene rings is 1. The molecule has 0 spiro atoms. The number of rotatable bonds is 3. The predicted octanol–water partition coefficient (Wildman–Crippen LogP) is 4.01. The highest BCUT2D eigenvalue weighted by atomic mass is 35.5. The van der Waals surface area contributed by atoms with Gasteiger partial charge in [0.15, 0.2) is 0 Å². The first-order chi connectivity index (χ1) is 11.2. The molecule has 1 aliphatic heterocycles. The second kappa shape index (κ2) is 7.74. The zero-order valence-electron chi connectivity index (χ0n) is 14.7. The molecule has 0 unspecified atom stereocenters. The maximum Gasteiger partial charge on any atom is 0.410 e. The normalized spacial score (nSPS) is 16.1. The van der Waals surface area contributed by atoms with Crippen molar-refractivity contribution in [3.8, 4) is 0 Å². The Bertz CT molecular complexity index is 589. The van der Waals surface area contributed by atoms with Crippen molar-refractivity contribution in [2.24, 2.45) is 5.92 Å². The Balaban J connectivity index is 1.82. The van der Waals surface area contributed by atoms with Crippen molar-refractivity contribution in [1.29, 1.82) is 0 Å². The third-order valence-corrected chi connectivity index (χ3v) is 5.11. The van der Waals surface area contributed by atoms with Gasteiger partial charge in [-0.15, -0.1) is 11.3 Å². The van der Waals surface area contributed by atoms with E-state index in [9.17, 15) is 9.59 Å². The van der Waals surface area contributed by atoms with Crippen LogP contribution in [0.2, 0.25) is 4.34 Å². The van der Waals surface area contributed by atoms with Crippen LogP contribution in [0.15, 0.2) is 12.1 Å². The fraction of sp³-hybridized carbons (Fsp3) is 0.647. The summed E-state index contributed by atoms with van der Waals surface area (Å²) >= 11 is 7.42. The van der Waals surface area contributed by atoms with Crippen LogP contribution in [0.5, 0.6) is 0 Å². The lowest BCUT2D eigenvalue weighted by atomic mass is 9.95. The third kappa shape index (κ3) is 5.38. The number of hydrogen-bond acceptors (Lipinski definition) is 4. The van der Waals surface area contributed by atoms with Gasteiger partial charge < -0.3 is 14.5 Å². The highest BCUT2D eigenvalue weighted by Gasteiger charge is 2.31. The van der Waals surface area contributed by atoms with Crippen LogP contribution < -0.4 is 0 Å². The lowest BCUT2D eigenvalue weighted by molar-refractivity contribution is -0.136. The van der Waals surface area contributed by atoms with E-state index in [1.807, 2.05) is 40.0 Å². The van der Waals surface area contributed by atoms with E-state index in [1.54, 1.807) is 9.80 Å². The van der Waals surface area contributed by atoms with Gasteiger partial charge in [-0.25, -0.2) is 4.79 Å². The van der Waals surface area contributed by atoms with Crippen LogP contribution in [0.1, 0.15) is 38.5 Å². The highest BCUT2D eigenvalue weighted by molar-refractivity contribution is 7.16. The molecule has 2 heterocycles. The molecule has 134 valence electrons. The minimum atomic E-state index is -0.494. The Morgan fingerprint density at radius 2 is 1.96 bits per heavy atom. The first kappa shape index (κ1) is 19.1. The van der Waals surface area contributed by atoms with Gasteiger partial charge in [-0.05, 0) is 45.7 Å². The molecule has 1 saturated heterocycles. The van der Waals surface area contributed by atoms with Crippen LogP contribution in [0, 0.1) is 5.92 Å². The number of piperidine rings is 1. The fourth-order valence-electron chi connectivity index (χ4n) is 2.70. The molecule has 1 aromatic rings. The summed E-state index contributed by atoms with van der Waals surface area (Å²) < 4.78 is 6.12. The topological polar surface area (TPSA) is 49.9 Å². The molecular weight excluding hydrogens is 348 g/mol.